The summed E-state index contributed by atoms with van der Waals surface area (Å²) in [6, 6.07) is 2.33. The van der Waals surface area contributed by atoms with Gasteiger partial charge in [-0.1, -0.05) is 0 Å². The summed E-state index contributed by atoms with van der Waals surface area (Å²) >= 11 is 0. The SMILES string of the molecule is CN1CCCC(COc2c(N)ccc(F)c2F)C1. The van der Waals surface area contributed by atoms with Gasteiger partial charge in [-0.3, -0.25) is 0 Å². The second-order valence-electron chi connectivity index (χ2n) is 4.86. The van der Waals surface area contributed by atoms with Crippen LogP contribution in [-0.4, -0.2) is 31.6 Å². The predicted molar refractivity (Wildman–Crippen MR) is 66.5 cm³/mol. The number of nitrogens with zero attached hydrogens (tertiary/aromatic N) is 1. The van der Waals surface area contributed by atoms with Crippen LogP contribution < -0.4 is 10.5 Å². The molecule has 2 rings (SSSR count). The third kappa shape index (κ3) is 2.90. The summed E-state index contributed by atoms with van der Waals surface area (Å²) in [5.74, 6) is -1.76. The predicted octanol–water partition coefficient (Wildman–Crippen LogP) is 2.27. The summed E-state index contributed by atoms with van der Waals surface area (Å²) in [6.07, 6.45) is 2.15. The van der Waals surface area contributed by atoms with Crippen molar-refractivity contribution in [3.05, 3.63) is 23.8 Å². The normalized spacial score (nSPS) is 20.9. The van der Waals surface area contributed by atoms with Crippen molar-refractivity contribution in [3.8, 4) is 5.75 Å². The van der Waals surface area contributed by atoms with Crippen LogP contribution >= 0.6 is 0 Å². The Hall–Kier alpha value is -1.36. The highest BCUT2D eigenvalue weighted by Gasteiger charge is 2.20. The molecule has 18 heavy (non-hydrogen) atoms. The standard InChI is InChI=1S/C13H18F2N2O/c1-17-6-2-3-9(7-17)8-18-13-11(16)5-4-10(14)12(13)15/h4-5,9H,2-3,6-8,16H2,1H3. The van der Waals surface area contributed by atoms with E-state index in [2.05, 4.69) is 4.90 Å². The van der Waals surface area contributed by atoms with E-state index >= 15 is 0 Å². The van der Waals surface area contributed by atoms with Crippen LogP contribution in [0.1, 0.15) is 12.8 Å². The van der Waals surface area contributed by atoms with E-state index in [4.69, 9.17) is 10.5 Å². The molecule has 0 amide bonds. The number of likely N-dealkylation sites (tertiary alicyclic amines) is 1. The minimum Gasteiger partial charge on any atom is -0.488 e. The highest BCUT2D eigenvalue weighted by molar-refractivity contribution is 5.53. The lowest BCUT2D eigenvalue weighted by Gasteiger charge is -2.29. The number of halogens is 2. The molecule has 5 heteroatoms. The van der Waals surface area contributed by atoms with Gasteiger partial charge in [-0.15, -0.1) is 0 Å². The van der Waals surface area contributed by atoms with Crippen LogP contribution in [0.15, 0.2) is 12.1 Å². The summed E-state index contributed by atoms with van der Waals surface area (Å²) in [7, 11) is 2.04. The van der Waals surface area contributed by atoms with Gasteiger partial charge in [0.15, 0.2) is 11.6 Å². The molecule has 0 radical (unpaired) electrons. The Balaban J connectivity index is 1.99. The second-order valence-corrected chi connectivity index (χ2v) is 4.86. The molecule has 1 aromatic carbocycles. The number of nitrogen functional groups attached to an aromatic ring is 1. The Bertz CT molecular complexity index is 426. The van der Waals surface area contributed by atoms with E-state index in [0.29, 0.717) is 12.5 Å². The first-order chi connectivity index (χ1) is 8.58. The summed E-state index contributed by atoms with van der Waals surface area (Å²) in [4.78, 5) is 2.21. The zero-order chi connectivity index (χ0) is 13.1. The molecule has 1 heterocycles. The molecule has 100 valence electrons. The smallest absolute Gasteiger partial charge is 0.202 e. The Labute approximate surface area is 106 Å². The summed E-state index contributed by atoms with van der Waals surface area (Å²) in [6.45, 7) is 2.36. The monoisotopic (exact) mass is 256 g/mol. The molecular weight excluding hydrogens is 238 g/mol. The molecule has 1 aromatic rings. The van der Waals surface area contributed by atoms with Crippen molar-refractivity contribution in [1.29, 1.82) is 0 Å². The van der Waals surface area contributed by atoms with Gasteiger partial charge in [0.2, 0.25) is 5.82 Å². The average Bonchev–Trinajstić information content (AvgIpc) is 2.34. The van der Waals surface area contributed by atoms with Gasteiger partial charge < -0.3 is 15.4 Å². The third-order valence-corrected chi connectivity index (χ3v) is 3.27. The van der Waals surface area contributed by atoms with Gasteiger partial charge in [-0.05, 0) is 38.6 Å². The lowest BCUT2D eigenvalue weighted by Crippen LogP contribution is -2.34. The first kappa shape index (κ1) is 13.1. The Kier molecular flexibility index (Phi) is 4.01. The number of rotatable bonds is 3. The first-order valence-corrected chi connectivity index (χ1v) is 6.12. The molecule has 1 unspecified atom stereocenters. The zero-order valence-corrected chi connectivity index (χ0v) is 10.5. The van der Waals surface area contributed by atoms with Gasteiger partial charge in [0.1, 0.15) is 0 Å². The number of anilines is 1. The van der Waals surface area contributed by atoms with Crippen LogP contribution in [0.3, 0.4) is 0 Å². The van der Waals surface area contributed by atoms with Crippen molar-refractivity contribution in [3.63, 3.8) is 0 Å². The molecule has 0 spiro atoms. The molecule has 1 aliphatic rings. The van der Waals surface area contributed by atoms with Gasteiger partial charge in [0.25, 0.3) is 0 Å². The van der Waals surface area contributed by atoms with Crippen molar-refractivity contribution in [2.45, 2.75) is 12.8 Å². The van der Waals surface area contributed by atoms with E-state index in [9.17, 15) is 8.78 Å². The molecule has 2 N–H and O–H groups in total. The fourth-order valence-corrected chi connectivity index (χ4v) is 2.30. The molecule has 0 bridgehead atoms. The minimum absolute atomic E-state index is 0.137. The highest BCUT2D eigenvalue weighted by atomic mass is 19.2. The second kappa shape index (κ2) is 5.52. The lowest BCUT2D eigenvalue weighted by atomic mass is 9.99. The van der Waals surface area contributed by atoms with Crippen LogP contribution in [0.2, 0.25) is 0 Å². The Morgan fingerprint density at radius 2 is 2.22 bits per heavy atom. The van der Waals surface area contributed by atoms with Gasteiger partial charge in [0, 0.05) is 12.5 Å². The van der Waals surface area contributed by atoms with Gasteiger partial charge >= 0.3 is 0 Å². The lowest BCUT2D eigenvalue weighted by molar-refractivity contribution is 0.147. The van der Waals surface area contributed by atoms with E-state index in [1.54, 1.807) is 0 Å². The van der Waals surface area contributed by atoms with E-state index in [1.807, 2.05) is 7.05 Å². The molecule has 3 nitrogen and oxygen atoms in total. The summed E-state index contributed by atoms with van der Waals surface area (Å²) < 4.78 is 31.9. The molecule has 1 saturated heterocycles. The summed E-state index contributed by atoms with van der Waals surface area (Å²) in [5.41, 5.74) is 5.73. The maximum absolute atomic E-state index is 13.5. The van der Waals surface area contributed by atoms with Crippen LogP contribution in [0, 0.1) is 17.6 Å². The first-order valence-electron chi connectivity index (χ1n) is 6.12. The quantitative estimate of drug-likeness (QED) is 0.843. The molecule has 0 saturated carbocycles. The number of ether oxygens (including phenoxy) is 1. The van der Waals surface area contributed by atoms with E-state index in [0.717, 1.165) is 32.0 Å². The van der Waals surface area contributed by atoms with E-state index < -0.39 is 11.6 Å². The molecule has 0 aliphatic carbocycles. The summed E-state index contributed by atoms with van der Waals surface area (Å²) in [5, 5.41) is 0. The molecule has 1 fully saturated rings. The molecule has 0 aromatic heterocycles. The van der Waals surface area contributed by atoms with Crippen LogP contribution in [0.5, 0.6) is 5.75 Å². The number of nitrogens with two attached hydrogens (primary N) is 1. The van der Waals surface area contributed by atoms with Crippen molar-refractivity contribution in [2.24, 2.45) is 5.92 Å². The Morgan fingerprint density at radius 1 is 1.44 bits per heavy atom. The maximum Gasteiger partial charge on any atom is 0.202 e. The van der Waals surface area contributed by atoms with Crippen LogP contribution in [0.25, 0.3) is 0 Å². The molecular formula is C13H18F2N2O. The minimum atomic E-state index is -1.00. The fraction of sp³-hybridized carbons (Fsp3) is 0.538. The number of hydrogen-bond donors (Lipinski definition) is 1. The third-order valence-electron chi connectivity index (χ3n) is 3.27. The van der Waals surface area contributed by atoms with Crippen molar-refractivity contribution in [2.75, 3.05) is 32.5 Å². The van der Waals surface area contributed by atoms with Crippen molar-refractivity contribution >= 4 is 5.69 Å². The van der Waals surface area contributed by atoms with Crippen molar-refractivity contribution < 1.29 is 13.5 Å². The fourth-order valence-electron chi connectivity index (χ4n) is 2.30. The molecule has 1 aliphatic heterocycles. The molecule has 1 atom stereocenters. The van der Waals surface area contributed by atoms with Gasteiger partial charge in [0.05, 0.1) is 12.3 Å². The average molecular weight is 256 g/mol. The van der Waals surface area contributed by atoms with Crippen LogP contribution in [0.4, 0.5) is 14.5 Å². The topological polar surface area (TPSA) is 38.5 Å². The number of piperidine rings is 1. The highest BCUT2D eigenvalue weighted by Crippen LogP contribution is 2.28. The van der Waals surface area contributed by atoms with Crippen molar-refractivity contribution in [1.82, 2.24) is 4.90 Å². The van der Waals surface area contributed by atoms with Crippen LogP contribution in [-0.2, 0) is 0 Å². The zero-order valence-electron chi connectivity index (χ0n) is 10.5. The largest absolute Gasteiger partial charge is 0.488 e. The van der Waals surface area contributed by atoms with Gasteiger partial charge in [-0.25, -0.2) is 4.39 Å². The number of benzene rings is 1. The maximum atomic E-state index is 13.5. The van der Waals surface area contributed by atoms with Gasteiger partial charge in [-0.2, -0.15) is 4.39 Å². The van der Waals surface area contributed by atoms with E-state index in [-0.39, 0.29) is 11.4 Å². The Morgan fingerprint density at radius 3 is 2.94 bits per heavy atom. The van der Waals surface area contributed by atoms with E-state index in [1.165, 1.54) is 6.07 Å². The number of hydrogen-bond acceptors (Lipinski definition) is 3.